The van der Waals surface area contributed by atoms with E-state index in [0.29, 0.717) is 18.4 Å². The van der Waals surface area contributed by atoms with E-state index in [1.807, 2.05) is 48.5 Å². The summed E-state index contributed by atoms with van der Waals surface area (Å²) in [6, 6.07) is 23.7. The van der Waals surface area contributed by atoms with Crippen LogP contribution in [0.3, 0.4) is 0 Å². The Labute approximate surface area is 195 Å². The van der Waals surface area contributed by atoms with E-state index in [1.165, 1.54) is 9.13 Å². The van der Waals surface area contributed by atoms with E-state index < -0.39 is 5.97 Å². The highest BCUT2D eigenvalue weighted by Crippen LogP contribution is 2.22. The van der Waals surface area contributed by atoms with Gasteiger partial charge in [0.05, 0.1) is 0 Å². The monoisotopic (exact) mass is 523 g/mol. The molecule has 0 spiro atoms. The number of nitrogens with zero attached hydrogens (tertiary/aromatic N) is 1. The van der Waals surface area contributed by atoms with Gasteiger partial charge in [-0.15, -0.1) is 0 Å². The van der Waals surface area contributed by atoms with Crippen LogP contribution in [0.1, 0.15) is 42.0 Å². The average molecular weight is 523 g/mol. The summed E-state index contributed by atoms with van der Waals surface area (Å²) in [4.78, 5) is 16.6. The predicted molar refractivity (Wildman–Crippen MR) is 131 cm³/mol. The minimum atomic E-state index is -0.443. The van der Waals surface area contributed by atoms with Gasteiger partial charge in [0, 0.05) is 9.13 Å². The van der Waals surface area contributed by atoms with Gasteiger partial charge in [0.2, 0.25) is 5.90 Å². The van der Waals surface area contributed by atoms with E-state index in [9.17, 15) is 4.79 Å². The number of benzene rings is 3. The Bertz CT molecular complexity index is 1130. The molecule has 4 rings (SSSR count). The van der Waals surface area contributed by atoms with E-state index in [0.717, 1.165) is 22.4 Å². The highest BCUT2D eigenvalue weighted by molar-refractivity contribution is 14.1. The summed E-state index contributed by atoms with van der Waals surface area (Å²) in [6.07, 6.45) is 1.72. The van der Waals surface area contributed by atoms with Gasteiger partial charge in [-0.3, -0.25) is 0 Å². The van der Waals surface area contributed by atoms with Gasteiger partial charge >= 0.3 is 5.97 Å². The van der Waals surface area contributed by atoms with Crippen molar-refractivity contribution in [3.8, 4) is 5.75 Å². The summed E-state index contributed by atoms with van der Waals surface area (Å²) in [7, 11) is 0. The first kappa shape index (κ1) is 21.3. The van der Waals surface area contributed by atoms with Crippen LogP contribution in [0.4, 0.5) is 0 Å². The van der Waals surface area contributed by atoms with Crippen LogP contribution in [-0.2, 0) is 16.1 Å². The fourth-order valence-electron chi connectivity index (χ4n) is 3.11. The largest absolute Gasteiger partial charge is 0.489 e. The molecule has 4 nitrogen and oxygen atoms in total. The maximum atomic E-state index is 12.3. The molecule has 3 aromatic rings. The van der Waals surface area contributed by atoms with Gasteiger partial charge in [-0.25, -0.2) is 9.79 Å². The average Bonchev–Trinajstić information content (AvgIpc) is 3.14. The number of carbonyl (C=O) groups excluding carboxylic acids is 1. The van der Waals surface area contributed by atoms with Crippen LogP contribution in [-0.4, -0.2) is 11.9 Å². The predicted octanol–water partition coefficient (Wildman–Crippen LogP) is 6.34. The van der Waals surface area contributed by atoms with Gasteiger partial charge in [-0.05, 0) is 87.7 Å². The Morgan fingerprint density at radius 2 is 1.65 bits per heavy atom. The minimum Gasteiger partial charge on any atom is -0.489 e. The summed E-state index contributed by atoms with van der Waals surface area (Å²) in [5.74, 6) is 1.11. The zero-order chi connectivity index (χ0) is 21.8. The first-order valence-electron chi connectivity index (χ1n) is 10.1. The lowest BCUT2D eigenvalue weighted by molar-refractivity contribution is -0.129. The summed E-state index contributed by atoms with van der Waals surface area (Å²) < 4.78 is 12.4. The number of hydrogen-bond acceptors (Lipinski definition) is 4. The molecular weight excluding hydrogens is 501 g/mol. The van der Waals surface area contributed by atoms with E-state index in [1.54, 1.807) is 6.08 Å². The number of ether oxygens (including phenoxy) is 2. The number of carbonyl (C=O) groups is 1. The maximum absolute atomic E-state index is 12.3. The van der Waals surface area contributed by atoms with Crippen LogP contribution < -0.4 is 4.74 Å². The van der Waals surface area contributed by atoms with Crippen LogP contribution >= 0.6 is 22.6 Å². The van der Waals surface area contributed by atoms with Crippen LogP contribution in [0.5, 0.6) is 5.75 Å². The number of halogens is 1. The van der Waals surface area contributed by atoms with Gasteiger partial charge in [0.25, 0.3) is 0 Å². The molecule has 1 heterocycles. The molecule has 0 atom stereocenters. The molecule has 1 aliphatic rings. The normalized spacial score (nSPS) is 14.6. The van der Waals surface area contributed by atoms with Crippen molar-refractivity contribution < 1.29 is 14.3 Å². The van der Waals surface area contributed by atoms with E-state index >= 15 is 0 Å². The van der Waals surface area contributed by atoms with Crippen molar-refractivity contribution >= 4 is 40.5 Å². The summed E-state index contributed by atoms with van der Waals surface area (Å²) >= 11 is 2.28. The topological polar surface area (TPSA) is 47.9 Å². The second-order valence-corrected chi connectivity index (χ2v) is 8.84. The van der Waals surface area contributed by atoms with Gasteiger partial charge in [0.1, 0.15) is 12.4 Å². The Hall–Kier alpha value is -2.93. The van der Waals surface area contributed by atoms with Gasteiger partial charge in [-0.2, -0.15) is 0 Å². The molecule has 156 valence electrons. The quantitative estimate of drug-likeness (QED) is 0.215. The van der Waals surface area contributed by atoms with E-state index in [2.05, 4.69) is 65.7 Å². The van der Waals surface area contributed by atoms with Crippen LogP contribution in [0.2, 0.25) is 0 Å². The number of hydrogen-bond donors (Lipinski definition) is 0. The first-order chi connectivity index (χ1) is 15.0. The Kier molecular flexibility index (Phi) is 6.51. The summed E-state index contributed by atoms with van der Waals surface area (Å²) in [6.45, 7) is 4.79. The van der Waals surface area contributed by atoms with Crippen molar-refractivity contribution in [3.05, 3.63) is 104 Å². The minimum absolute atomic E-state index is 0.287. The molecule has 0 amide bonds. The molecule has 0 aliphatic carbocycles. The Balaban J connectivity index is 1.43. The molecule has 3 aromatic carbocycles. The fraction of sp³-hybridized carbons (Fsp3) is 0.154. The van der Waals surface area contributed by atoms with Crippen LogP contribution in [0.15, 0.2) is 83.5 Å². The van der Waals surface area contributed by atoms with Gasteiger partial charge in [-0.1, -0.05) is 50.2 Å². The lowest BCUT2D eigenvalue weighted by atomic mass is 10.0. The fourth-order valence-corrected chi connectivity index (χ4v) is 3.47. The number of rotatable bonds is 6. The molecule has 0 fully saturated rings. The Morgan fingerprint density at radius 1 is 0.968 bits per heavy atom. The van der Waals surface area contributed by atoms with Crippen molar-refractivity contribution in [1.29, 1.82) is 0 Å². The third-order valence-corrected chi connectivity index (χ3v) is 5.67. The van der Waals surface area contributed by atoms with Crippen LogP contribution in [0.25, 0.3) is 6.08 Å². The standard InChI is InChI=1S/C26H22INO3/c1-17(2)20-7-9-21(10-8-20)25-28-24(26(29)31-25)15-18-5-13-23(14-6-18)30-16-19-3-11-22(27)12-4-19/h3-15,17H,16H2,1-2H3/b24-15-. The zero-order valence-corrected chi connectivity index (χ0v) is 19.5. The van der Waals surface area contributed by atoms with E-state index in [4.69, 9.17) is 9.47 Å². The number of cyclic esters (lactones) is 1. The molecule has 1 aliphatic heterocycles. The molecule has 0 radical (unpaired) electrons. The molecule has 0 bridgehead atoms. The van der Waals surface area contributed by atoms with Crippen molar-refractivity contribution in [2.24, 2.45) is 4.99 Å². The molecule has 31 heavy (non-hydrogen) atoms. The van der Waals surface area contributed by atoms with Gasteiger partial charge in [0.15, 0.2) is 5.70 Å². The number of aliphatic imine (C=N–C) groups is 1. The van der Waals surface area contributed by atoms with E-state index in [-0.39, 0.29) is 5.70 Å². The second kappa shape index (κ2) is 9.47. The summed E-state index contributed by atoms with van der Waals surface area (Å²) in [5.41, 5.74) is 4.28. The molecular formula is C26H22INO3. The molecule has 0 unspecified atom stereocenters. The molecule has 0 N–H and O–H groups in total. The second-order valence-electron chi connectivity index (χ2n) is 7.60. The molecule has 0 aromatic heterocycles. The molecule has 5 heteroatoms. The summed E-state index contributed by atoms with van der Waals surface area (Å²) in [5, 5.41) is 0. The third kappa shape index (κ3) is 5.41. The lowest BCUT2D eigenvalue weighted by Crippen LogP contribution is -2.05. The highest BCUT2D eigenvalue weighted by Gasteiger charge is 2.24. The molecule has 0 saturated carbocycles. The van der Waals surface area contributed by atoms with Crippen LogP contribution in [0, 0.1) is 3.57 Å². The number of esters is 1. The van der Waals surface area contributed by atoms with Crippen molar-refractivity contribution in [2.75, 3.05) is 0 Å². The van der Waals surface area contributed by atoms with Crippen molar-refractivity contribution in [2.45, 2.75) is 26.4 Å². The third-order valence-electron chi connectivity index (χ3n) is 4.95. The first-order valence-corrected chi connectivity index (χ1v) is 11.2. The SMILES string of the molecule is CC(C)c1ccc(C2=N/C(=C\c3ccc(OCc4ccc(I)cc4)cc3)C(=O)O2)cc1. The zero-order valence-electron chi connectivity index (χ0n) is 17.3. The lowest BCUT2D eigenvalue weighted by Gasteiger charge is -2.06. The van der Waals surface area contributed by atoms with Crippen molar-refractivity contribution in [1.82, 2.24) is 0 Å². The molecule has 0 saturated heterocycles. The smallest absolute Gasteiger partial charge is 0.363 e. The Morgan fingerprint density at radius 3 is 2.29 bits per heavy atom. The maximum Gasteiger partial charge on any atom is 0.363 e. The van der Waals surface area contributed by atoms with Crippen molar-refractivity contribution in [3.63, 3.8) is 0 Å². The van der Waals surface area contributed by atoms with Gasteiger partial charge < -0.3 is 9.47 Å². The highest BCUT2D eigenvalue weighted by atomic mass is 127.